The second kappa shape index (κ2) is 9.97. The van der Waals surface area contributed by atoms with Gasteiger partial charge in [-0.2, -0.15) is 9.97 Å². The Balaban J connectivity index is 1.44. The molecule has 0 aliphatic rings. The van der Waals surface area contributed by atoms with Crippen LogP contribution in [0.5, 0.6) is 0 Å². The summed E-state index contributed by atoms with van der Waals surface area (Å²) >= 11 is 1.82. The third kappa shape index (κ3) is 3.94. The number of nitrogens with zero attached hydrogens (tertiary/aromatic N) is 4. The Kier molecular flexibility index (Phi) is 5.64. The average molecular weight is 581 g/mol. The molecule has 0 saturated carbocycles. The lowest BCUT2D eigenvalue weighted by Crippen LogP contribution is -2.06. The maximum absolute atomic E-state index is 5.18. The minimum Gasteiger partial charge on any atom is -0.276 e. The first-order chi connectivity index (χ1) is 21.8. The van der Waals surface area contributed by atoms with E-state index in [1.807, 2.05) is 47.7 Å². The Morgan fingerprint density at radius 3 is 1.68 bits per heavy atom. The minimum atomic E-state index is 0.605. The molecule has 4 nitrogen and oxygen atoms in total. The number of aromatic nitrogens is 4. The number of fused-ring (bicyclic) bond motifs is 7. The molecule has 9 aromatic rings. The van der Waals surface area contributed by atoms with E-state index in [-0.39, 0.29) is 0 Å². The van der Waals surface area contributed by atoms with Crippen molar-refractivity contribution in [3.63, 3.8) is 0 Å². The quantitative estimate of drug-likeness (QED) is 0.208. The van der Waals surface area contributed by atoms with E-state index < -0.39 is 0 Å². The summed E-state index contributed by atoms with van der Waals surface area (Å²) in [5, 5.41) is 4.86. The molecular formula is C39H24N4S. The molecule has 44 heavy (non-hydrogen) atoms. The molecule has 0 atom stereocenters. The number of hydrogen-bond donors (Lipinski definition) is 0. The summed E-state index contributed by atoms with van der Waals surface area (Å²) in [5.41, 5.74) is 6.40. The molecule has 0 aliphatic carbocycles. The molecule has 0 aliphatic heterocycles. The van der Waals surface area contributed by atoms with Crippen molar-refractivity contribution < 1.29 is 0 Å². The first-order valence-corrected chi connectivity index (χ1v) is 15.4. The van der Waals surface area contributed by atoms with Crippen molar-refractivity contribution in [1.82, 2.24) is 19.5 Å². The van der Waals surface area contributed by atoms with Crippen LogP contribution in [0, 0.1) is 0 Å². The van der Waals surface area contributed by atoms with Crippen LogP contribution in [-0.4, -0.2) is 19.5 Å². The summed E-state index contributed by atoms with van der Waals surface area (Å²) in [4.78, 5) is 15.3. The summed E-state index contributed by atoms with van der Waals surface area (Å²) in [6.07, 6.45) is 0. The van der Waals surface area contributed by atoms with Gasteiger partial charge in [0, 0.05) is 37.4 Å². The van der Waals surface area contributed by atoms with Crippen LogP contribution in [0.4, 0.5) is 0 Å². The van der Waals surface area contributed by atoms with Gasteiger partial charge in [-0.05, 0) is 23.3 Å². The van der Waals surface area contributed by atoms with E-state index in [4.69, 9.17) is 15.0 Å². The van der Waals surface area contributed by atoms with Gasteiger partial charge in [0.1, 0.15) is 0 Å². The summed E-state index contributed by atoms with van der Waals surface area (Å²) in [6.45, 7) is 0. The average Bonchev–Trinajstić information content (AvgIpc) is 3.65. The molecule has 5 heteroatoms. The lowest BCUT2D eigenvalue weighted by atomic mass is 10.0. The highest BCUT2D eigenvalue weighted by Gasteiger charge is 2.21. The molecular weight excluding hydrogens is 557 g/mol. The van der Waals surface area contributed by atoms with E-state index in [2.05, 4.69) is 114 Å². The first kappa shape index (κ1) is 24.9. The third-order valence-electron chi connectivity index (χ3n) is 8.27. The second-order valence-electron chi connectivity index (χ2n) is 10.9. The molecule has 0 N–H and O–H groups in total. The summed E-state index contributed by atoms with van der Waals surface area (Å²) in [7, 11) is 0. The van der Waals surface area contributed by atoms with E-state index in [0.717, 1.165) is 27.7 Å². The molecule has 9 rings (SSSR count). The monoisotopic (exact) mass is 580 g/mol. The number of thiophene rings is 1. The van der Waals surface area contributed by atoms with Gasteiger partial charge in [-0.3, -0.25) is 4.57 Å². The molecule has 6 aromatic carbocycles. The molecule has 206 valence electrons. The Morgan fingerprint density at radius 1 is 0.432 bits per heavy atom. The van der Waals surface area contributed by atoms with Gasteiger partial charge in [0.05, 0.1) is 15.7 Å². The fourth-order valence-electron chi connectivity index (χ4n) is 6.19. The van der Waals surface area contributed by atoms with Crippen molar-refractivity contribution in [3.05, 3.63) is 146 Å². The second-order valence-corrected chi connectivity index (χ2v) is 11.9. The Hall–Kier alpha value is -5.65. The number of rotatable bonds is 4. The highest BCUT2D eigenvalue weighted by atomic mass is 32.1. The van der Waals surface area contributed by atoms with Crippen molar-refractivity contribution >= 4 is 53.3 Å². The molecule has 3 aromatic heterocycles. The van der Waals surface area contributed by atoms with Crippen LogP contribution < -0.4 is 0 Å². The topological polar surface area (TPSA) is 43.6 Å². The van der Waals surface area contributed by atoms with E-state index in [0.29, 0.717) is 17.6 Å². The predicted molar refractivity (Wildman–Crippen MR) is 183 cm³/mol. The van der Waals surface area contributed by atoms with Crippen LogP contribution in [0.1, 0.15) is 0 Å². The Bertz CT molecular complexity index is 2420. The predicted octanol–water partition coefficient (Wildman–Crippen LogP) is 10.3. The van der Waals surface area contributed by atoms with Crippen molar-refractivity contribution in [1.29, 1.82) is 0 Å². The lowest BCUT2D eigenvalue weighted by molar-refractivity contribution is 0.955. The third-order valence-corrected chi connectivity index (χ3v) is 9.46. The fraction of sp³-hybridized carbons (Fsp3) is 0. The minimum absolute atomic E-state index is 0.605. The lowest BCUT2D eigenvalue weighted by Gasteiger charge is -2.11. The number of benzene rings is 6. The largest absolute Gasteiger partial charge is 0.276 e. The highest BCUT2D eigenvalue weighted by molar-refractivity contribution is 7.26. The van der Waals surface area contributed by atoms with Crippen LogP contribution in [0.15, 0.2) is 146 Å². The van der Waals surface area contributed by atoms with E-state index in [1.54, 1.807) is 0 Å². The zero-order valence-corrected chi connectivity index (χ0v) is 24.4. The fourth-order valence-corrected chi connectivity index (χ4v) is 7.43. The van der Waals surface area contributed by atoms with Crippen LogP contribution in [0.25, 0.3) is 81.8 Å². The molecule has 0 amide bonds. The molecule has 0 radical (unpaired) electrons. The molecule has 0 saturated heterocycles. The summed E-state index contributed by atoms with van der Waals surface area (Å²) in [5.74, 6) is 1.90. The zero-order chi connectivity index (χ0) is 29.0. The van der Waals surface area contributed by atoms with Gasteiger partial charge in [0.25, 0.3) is 0 Å². The van der Waals surface area contributed by atoms with Gasteiger partial charge in [0.15, 0.2) is 11.6 Å². The van der Waals surface area contributed by atoms with Crippen LogP contribution in [-0.2, 0) is 0 Å². The van der Waals surface area contributed by atoms with E-state index in [1.165, 1.54) is 36.5 Å². The van der Waals surface area contributed by atoms with Gasteiger partial charge in [0.2, 0.25) is 5.95 Å². The summed E-state index contributed by atoms with van der Waals surface area (Å²) < 4.78 is 4.75. The highest BCUT2D eigenvalue weighted by Crippen LogP contribution is 2.43. The normalized spacial score (nSPS) is 11.6. The van der Waals surface area contributed by atoms with Crippen LogP contribution in [0.3, 0.4) is 0 Å². The van der Waals surface area contributed by atoms with Gasteiger partial charge in [-0.1, -0.05) is 133 Å². The molecule has 0 fully saturated rings. The van der Waals surface area contributed by atoms with Gasteiger partial charge < -0.3 is 0 Å². The van der Waals surface area contributed by atoms with E-state index in [9.17, 15) is 0 Å². The van der Waals surface area contributed by atoms with Crippen molar-refractivity contribution in [2.75, 3.05) is 0 Å². The van der Waals surface area contributed by atoms with Gasteiger partial charge in [-0.15, -0.1) is 11.3 Å². The Labute approximate surface area is 257 Å². The van der Waals surface area contributed by atoms with E-state index >= 15 is 0 Å². The number of hydrogen-bond acceptors (Lipinski definition) is 4. The molecule has 3 heterocycles. The Morgan fingerprint density at radius 2 is 1.00 bits per heavy atom. The van der Waals surface area contributed by atoms with Crippen molar-refractivity contribution in [3.8, 4) is 39.9 Å². The van der Waals surface area contributed by atoms with Gasteiger partial charge >= 0.3 is 0 Å². The van der Waals surface area contributed by atoms with Crippen LogP contribution in [0.2, 0.25) is 0 Å². The molecule has 0 unspecified atom stereocenters. The first-order valence-electron chi connectivity index (χ1n) is 14.6. The van der Waals surface area contributed by atoms with Crippen molar-refractivity contribution in [2.24, 2.45) is 0 Å². The summed E-state index contributed by atoms with van der Waals surface area (Å²) in [6, 6.07) is 50.8. The zero-order valence-electron chi connectivity index (χ0n) is 23.6. The molecule has 0 spiro atoms. The standard InChI is InChI=1S/C39H24N4S/c1-4-12-25(13-5-1)28-20-21-29-31-22-23-32-30-18-10-11-19-34(30)44-36(32)35(31)43(33(29)24-28)39-41-37(26-14-6-2-7-15-26)40-38(42-39)27-16-8-3-9-17-27/h1-24H. The smallest absolute Gasteiger partial charge is 0.238 e. The SMILES string of the molecule is c1ccc(-c2ccc3c4ccc5c6ccccc6sc5c4n(-c4nc(-c5ccccc5)nc(-c5ccccc5)n4)c3c2)cc1. The molecule has 0 bridgehead atoms. The maximum atomic E-state index is 5.18. The maximum Gasteiger partial charge on any atom is 0.238 e. The van der Waals surface area contributed by atoms with Crippen LogP contribution >= 0.6 is 11.3 Å². The van der Waals surface area contributed by atoms with Gasteiger partial charge in [-0.25, -0.2) is 4.98 Å². The van der Waals surface area contributed by atoms with Crippen molar-refractivity contribution in [2.45, 2.75) is 0 Å².